The van der Waals surface area contributed by atoms with E-state index in [-0.39, 0.29) is 24.9 Å². The lowest BCUT2D eigenvalue weighted by atomic mass is 9.98. The standard InChI is InChI=1S/C17H20F3NO4/c1-2-24-16(23)12-6-5-9-21(10-12)15(22)11-25-14-8-4-3-7-13(14)17(18,19)20/h3-4,7-8,12H,2,5-6,9-11H2,1H3. The fourth-order valence-corrected chi connectivity index (χ4v) is 2.71. The molecule has 0 spiro atoms. The summed E-state index contributed by atoms with van der Waals surface area (Å²) >= 11 is 0. The van der Waals surface area contributed by atoms with E-state index in [1.165, 1.54) is 23.1 Å². The Morgan fingerprint density at radius 3 is 2.68 bits per heavy atom. The third-order valence-corrected chi connectivity index (χ3v) is 3.94. The molecule has 1 fully saturated rings. The smallest absolute Gasteiger partial charge is 0.419 e. The first-order valence-corrected chi connectivity index (χ1v) is 8.06. The summed E-state index contributed by atoms with van der Waals surface area (Å²) in [5.41, 5.74) is -0.925. The predicted octanol–water partition coefficient (Wildman–Crippen LogP) is 2.89. The number of carbonyl (C=O) groups excluding carboxylic acids is 2. The third kappa shape index (κ3) is 5.11. The van der Waals surface area contributed by atoms with Crippen LogP contribution in [-0.2, 0) is 20.5 Å². The Balaban J connectivity index is 1.96. The van der Waals surface area contributed by atoms with Crippen molar-refractivity contribution in [3.63, 3.8) is 0 Å². The molecule has 0 radical (unpaired) electrons. The number of piperidine rings is 1. The van der Waals surface area contributed by atoms with Crippen molar-refractivity contribution in [1.29, 1.82) is 0 Å². The molecular formula is C17H20F3NO4. The van der Waals surface area contributed by atoms with Gasteiger partial charge in [0.05, 0.1) is 18.1 Å². The van der Waals surface area contributed by atoms with Gasteiger partial charge >= 0.3 is 12.1 Å². The maximum absolute atomic E-state index is 12.9. The van der Waals surface area contributed by atoms with Crippen molar-refractivity contribution in [3.8, 4) is 5.75 Å². The van der Waals surface area contributed by atoms with E-state index in [1.807, 2.05) is 0 Å². The fourth-order valence-electron chi connectivity index (χ4n) is 2.71. The summed E-state index contributed by atoms with van der Waals surface area (Å²) in [6, 6.07) is 4.74. The van der Waals surface area contributed by atoms with E-state index in [0.29, 0.717) is 19.4 Å². The molecule has 1 unspecified atom stereocenters. The van der Waals surface area contributed by atoms with Crippen molar-refractivity contribution >= 4 is 11.9 Å². The summed E-state index contributed by atoms with van der Waals surface area (Å²) in [7, 11) is 0. The number of likely N-dealkylation sites (tertiary alicyclic amines) is 1. The van der Waals surface area contributed by atoms with Gasteiger partial charge in [0.2, 0.25) is 0 Å². The Kier molecular flexibility index (Phi) is 6.27. The molecule has 0 aromatic heterocycles. The molecule has 0 N–H and O–H groups in total. The zero-order valence-corrected chi connectivity index (χ0v) is 13.8. The second-order valence-corrected chi connectivity index (χ2v) is 5.71. The lowest BCUT2D eigenvalue weighted by molar-refractivity contribution is -0.152. The molecule has 1 saturated heterocycles. The molecule has 1 heterocycles. The summed E-state index contributed by atoms with van der Waals surface area (Å²) in [5.74, 6) is -1.60. The third-order valence-electron chi connectivity index (χ3n) is 3.94. The van der Waals surface area contributed by atoms with Crippen LogP contribution in [0.15, 0.2) is 24.3 Å². The zero-order valence-electron chi connectivity index (χ0n) is 13.8. The molecule has 0 saturated carbocycles. The molecule has 8 heteroatoms. The lowest BCUT2D eigenvalue weighted by Gasteiger charge is -2.31. The molecule has 1 aliphatic rings. The number of rotatable bonds is 5. The number of halogens is 3. The Hall–Kier alpha value is -2.25. The first-order valence-electron chi connectivity index (χ1n) is 8.06. The summed E-state index contributed by atoms with van der Waals surface area (Å²) in [4.78, 5) is 25.4. The maximum Gasteiger partial charge on any atom is 0.419 e. The van der Waals surface area contributed by atoms with E-state index in [9.17, 15) is 22.8 Å². The number of nitrogens with zero attached hydrogens (tertiary/aromatic N) is 1. The Bertz CT molecular complexity index is 618. The fraction of sp³-hybridized carbons (Fsp3) is 0.529. The van der Waals surface area contributed by atoms with E-state index in [0.717, 1.165) is 6.07 Å². The van der Waals surface area contributed by atoms with Crippen molar-refractivity contribution in [2.45, 2.75) is 25.9 Å². The molecule has 2 rings (SSSR count). The van der Waals surface area contributed by atoms with Crippen molar-refractivity contribution in [1.82, 2.24) is 4.90 Å². The molecule has 0 bridgehead atoms. The van der Waals surface area contributed by atoms with E-state index >= 15 is 0 Å². The molecule has 25 heavy (non-hydrogen) atoms. The average Bonchev–Trinajstić information content (AvgIpc) is 2.59. The topological polar surface area (TPSA) is 55.8 Å². The van der Waals surface area contributed by atoms with Gasteiger partial charge in [0, 0.05) is 13.1 Å². The Morgan fingerprint density at radius 1 is 1.28 bits per heavy atom. The van der Waals surface area contributed by atoms with Crippen LogP contribution in [0.2, 0.25) is 0 Å². The number of hydrogen-bond acceptors (Lipinski definition) is 4. The number of hydrogen-bond donors (Lipinski definition) is 0. The van der Waals surface area contributed by atoms with Crippen LogP contribution in [0.1, 0.15) is 25.3 Å². The van der Waals surface area contributed by atoms with Gasteiger partial charge in [-0.2, -0.15) is 13.2 Å². The number of esters is 1. The average molecular weight is 359 g/mol. The van der Waals surface area contributed by atoms with Crippen molar-refractivity contribution in [2.24, 2.45) is 5.92 Å². The van der Waals surface area contributed by atoms with Crippen LogP contribution in [0.3, 0.4) is 0 Å². The number of carbonyl (C=O) groups is 2. The van der Waals surface area contributed by atoms with Crippen LogP contribution in [-0.4, -0.2) is 43.1 Å². The van der Waals surface area contributed by atoms with Crippen LogP contribution in [0.4, 0.5) is 13.2 Å². The molecule has 138 valence electrons. The van der Waals surface area contributed by atoms with E-state index in [2.05, 4.69) is 0 Å². The quantitative estimate of drug-likeness (QED) is 0.759. The minimum atomic E-state index is -4.56. The highest BCUT2D eigenvalue weighted by molar-refractivity contribution is 5.79. The van der Waals surface area contributed by atoms with E-state index in [1.54, 1.807) is 6.92 Å². The number of amides is 1. The van der Waals surface area contributed by atoms with Gasteiger partial charge in [0.25, 0.3) is 5.91 Å². The van der Waals surface area contributed by atoms with Crippen LogP contribution in [0.25, 0.3) is 0 Å². The normalized spacial score (nSPS) is 17.9. The van der Waals surface area contributed by atoms with E-state index in [4.69, 9.17) is 9.47 Å². The molecule has 1 aromatic carbocycles. The highest BCUT2D eigenvalue weighted by Crippen LogP contribution is 2.35. The summed E-state index contributed by atoms with van der Waals surface area (Å²) < 4.78 is 48.8. The number of para-hydroxylation sites is 1. The van der Waals surface area contributed by atoms with Crippen LogP contribution >= 0.6 is 0 Å². The van der Waals surface area contributed by atoms with Gasteiger partial charge in [-0.25, -0.2) is 0 Å². The van der Waals surface area contributed by atoms with Gasteiger partial charge in [0.1, 0.15) is 5.75 Å². The molecule has 1 aliphatic heterocycles. The SMILES string of the molecule is CCOC(=O)C1CCCN(C(=O)COc2ccccc2C(F)(F)F)C1. The lowest BCUT2D eigenvalue weighted by Crippen LogP contribution is -2.44. The molecule has 1 amide bonds. The number of alkyl halides is 3. The summed E-state index contributed by atoms with van der Waals surface area (Å²) in [6.45, 7) is 2.10. The van der Waals surface area contributed by atoms with Crippen molar-refractivity contribution < 1.29 is 32.2 Å². The van der Waals surface area contributed by atoms with Gasteiger partial charge in [0.15, 0.2) is 6.61 Å². The van der Waals surface area contributed by atoms with E-state index < -0.39 is 30.2 Å². The second-order valence-electron chi connectivity index (χ2n) is 5.71. The van der Waals surface area contributed by atoms with Gasteiger partial charge in [-0.1, -0.05) is 12.1 Å². The molecule has 5 nitrogen and oxygen atoms in total. The van der Waals surface area contributed by atoms with Crippen molar-refractivity contribution in [2.75, 3.05) is 26.3 Å². The zero-order chi connectivity index (χ0) is 18.4. The Morgan fingerprint density at radius 2 is 2.00 bits per heavy atom. The number of benzene rings is 1. The van der Waals surface area contributed by atoms with Gasteiger partial charge < -0.3 is 14.4 Å². The highest BCUT2D eigenvalue weighted by Gasteiger charge is 2.34. The van der Waals surface area contributed by atoms with Crippen LogP contribution < -0.4 is 4.74 Å². The minimum Gasteiger partial charge on any atom is -0.483 e. The largest absolute Gasteiger partial charge is 0.483 e. The molecule has 1 aromatic rings. The predicted molar refractivity (Wildman–Crippen MR) is 82.9 cm³/mol. The highest BCUT2D eigenvalue weighted by atomic mass is 19.4. The summed E-state index contributed by atoms with van der Waals surface area (Å²) in [6.07, 6.45) is -3.30. The summed E-state index contributed by atoms with van der Waals surface area (Å²) in [5, 5.41) is 0. The maximum atomic E-state index is 12.9. The molecular weight excluding hydrogens is 339 g/mol. The molecule has 0 aliphatic carbocycles. The van der Waals surface area contributed by atoms with Crippen molar-refractivity contribution in [3.05, 3.63) is 29.8 Å². The first-order chi connectivity index (χ1) is 11.8. The molecule has 1 atom stereocenters. The van der Waals surface area contributed by atoms with Gasteiger partial charge in [-0.3, -0.25) is 9.59 Å². The Labute approximate surface area is 143 Å². The number of ether oxygens (including phenoxy) is 2. The van der Waals surface area contributed by atoms with Crippen LogP contribution in [0, 0.1) is 5.92 Å². The second kappa shape index (κ2) is 8.22. The first kappa shape index (κ1) is 19.1. The van der Waals surface area contributed by atoms with Crippen LogP contribution in [0.5, 0.6) is 5.75 Å². The minimum absolute atomic E-state index is 0.196. The van der Waals surface area contributed by atoms with Gasteiger partial charge in [-0.15, -0.1) is 0 Å². The van der Waals surface area contributed by atoms with Gasteiger partial charge in [-0.05, 0) is 31.9 Å². The monoisotopic (exact) mass is 359 g/mol.